The lowest BCUT2D eigenvalue weighted by Gasteiger charge is -2.24. The third-order valence-corrected chi connectivity index (χ3v) is 5.18. The van der Waals surface area contributed by atoms with Gasteiger partial charge in [-0.05, 0) is 62.5 Å². The van der Waals surface area contributed by atoms with Crippen molar-refractivity contribution >= 4 is 0 Å². The molecule has 0 amide bonds. The van der Waals surface area contributed by atoms with Crippen LogP contribution in [0.5, 0.6) is 0 Å². The number of hydrogen-bond acceptors (Lipinski definition) is 2. The molecule has 3 atom stereocenters. The molecule has 0 aliphatic heterocycles. The molecule has 3 unspecified atom stereocenters. The number of aliphatic hydroxyl groups excluding tert-OH is 1. The first-order valence-corrected chi connectivity index (χ1v) is 8.18. The van der Waals surface area contributed by atoms with E-state index in [1.165, 1.54) is 43.2 Å². The Morgan fingerprint density at radius 1 is 1.10 bits per heavy atom. The van der Waals surface area contributed by atoms with Gasteiger partial charge in [-0.2, -0.15) is 0 Å². The van der Waals surface area contributed by atoms with Crippen molar-refractivity contribution in [1.29, 1.82) is 0 Å². The number of rotatable bonds is 6. The van der Waals surface area contributed by atoms with E-state index >= 15 is 0 Å². The maximum absolute atomic E-state index is 9.44. The second-order valence-corrected chi connectivity index (χ2v) is 6.77. The molecule has 3 rings (SSSR count). The highest BCUT2D eigenvalue weighted by Gasteiger charge is 2.33. The van der Waals surface area contributed by atoms with Crippen molar-refractivity contribution < 1.29 is 5.11 Å². The second kappa shape index (κ2) is 6.28. The van der Waals surface area contributed by atoms with Gasteiger partial charge in [-0.1, -0.05) is 36.2 Å². The summed E-state index contributed by atoms with van der Waals surface area (Å²) in [6.07, 6.45) is 6.50. The zero-order chi connectivity index (χ0) is 13.9. The summed E-state index contributed by atoms with van der Waals surface area (Å²) in [6, 6.07) is 9.53. The minimum Gasteiger partial charge on any atom is -0.396 e. The molecule has 110 valence electrons. The van der Waals surface area contributed by atoms with Crippen LogP contribution in [-0.2, 0) is 0 Å². The molecule has 20 heavy (non-hydrogen) atoms. The average molecular weight is 273 g/mol. The highest BCUT2D eigenvalue weighted by atomic mass is 16.3. The van der Waals surface area contributed by atoms with E-state index in [1.807, 2.05) is 0 Å². The zero-order valence-corrected chi connectivity index (χ0v) is 12.5. The van der Waals surface area contributed by atoms with Crippen LogP contribution in [0.1, 0.15) is 49.3 Å². The first-order chi connectivity index (χ1) is 9.78. The van der Waals surface area contributed by atoms with E-state index in [1.54, 1.807) is 0 Å². The fourth-order valence-electron chi connectivity index (χ4n) is 3.66. The Morgan fingerprint density at radius 2 is 1.80 bits per heavy atom. The maximum atomic E-state index is 9.44. The monoisotopic (exact) mass is 273 g/mol. The first kappa shape index (κ1) is 14.1. The van der Waals surface area contributed by atoms with Gasteiger partial charge >= 0.3 is 0 Å². The minimum atomic E-state index is 0.366. The quantitative estimate of drug-likeness (QED) is 0.832. The summed E-state index contributed by atoms with van der Waals surface area (Å²) < 4.78 is 0. The zero-order valence-electron chi connectivity index (χ0n) is 12.5. The first-order valence-electron chi connectivity index (χ1n) is 8.18. The summed E-state index contributed by atoms with van der Waals surface area (Å²) in [5, 5.41) is 13.3. The molecular weight excluding hydrogens is 246 g/mol. The lowest BCUT2D eigenvalue weighted by atomic mass is 9.95. The number of aryl methyl sites for hydroxylation is 1. The Labute approximate surface area is 122 Å². The van der Waals surface area contributed by atoms with E-state index in [4.69, 9.17) is 0 Å². The maximum Gasteiger partial charge on any atom is 0.0462 e. The van der Waals surface area contributed by atoms with Crippen molar-refractivity contribution in [2.75, 3.05) is 13.2 Å². The molecule has 0 bridgehead atoms. The SMILES string of the molecule is Cc1ccc(C(NCC2CCCC2CO)C2CC2)cc1. The largest absolute Gasteiger partial charge is 0.396 e. The van der Waals surface area contributed by atoms with Gasteiger partial charge in [0.05, 0.1) is 0 Å². The topological polar surface area (TPSA) is 32.3 Å². The Kier molecular flexibility index (Phi) is 4.42. The van der Waals surface area contributed by atoms with Gasteiger partial charge in [-0.3, -0.25) is 0 Å². The van der Waals surface area contributed by atoms with E-state index in [0.29, 0.717) is 24.5 Å². The van der Waals surface area contributed by atoms with Crippen LogP contribution >= 0.6 is 0 Å². The number of nitrogens with one attached hydrogen (secondary N) is 1. The summed E-state index contributed by atoms with van der Waals surface area (Å²) in [4.78, 5) is 0. The molecule has 2 N–H and O–H groups in total. The molecule has 2 heteroatoms. The van der Waals surface area contributed by atoms with Gasteiger partial charge in [-0.15, -0.1) is 0 Å². The van der Waals surface area contributed by atoms with E-state index in [0.717, 1.165) is 12.5 Å². The van der Waals surface area contributed by atoms with Crippen molar-refractivity contribution in [3.05, 3.63) is 35.4 Å². The number of hydrogen-bond donors (Lipinski definition) is 2. The fourth-order valence-corrected chi connectivity index (χ4v) is 3.66. The molecule has 0 spiro atoms. The standard InChI is InChI=1S/C18H27NO/c1-13-5-7-14(8-6-13)18(15-9-10-15)19-11-16-3-2-4-17(16)12-20/h5-8,15-20H,2-4,9-12H2,1H3. The molecule has 0 aromatic heterocycles. The van der Waals surface area contributed by atoms with E-state index in [9.17, 15) is 5.11 Å². The van der Waals surface area contributed by atoms with E-state index < -0.39 is 0 Å². The molecule has 1 aromatic rings. The molecule has 0 saturated heterocycles. The molecule has 2 fully saturated rings. The molecule has 0 heterocycles. The molecular formula is C18H27NO. The lowest BCUT2D eigenvalue weighted by molar-refractivity contribution is 0.189. The van der Waals surface area contributed by atoms with Crippen molar-refractivity contribution in [2.24, 2.45) is 17.8 Å². The number of benzene rings is 1. The Balaban J connectivity index is 1.61. The number of aliphatic hydroxyl groups is 1. The van der Waals surface area contributed by atoms with Crippen molar-refractivity contribution in [3.63, 3.8) is 0 Å². The third-order valence-electron chi connectivity index (χ3n) is 5.18. The highest BCUT2D eigenvalue weighted by Crippen LogP contribution is 2.41. The summed E-state index contributed by atoms with van der Waals surface area (Å²) >= 11 is 0. The van der Waals surface area contributed by atoms with Crippen LogP contribution in [0.2, 0.25) is 0 Å². The normalized spacial score (nSPS) is 27.7. The minimum absolute atomic E-state index is 0.366. The van der Waals surface area contributed by atoms with Crippen LogP contribution in [0.4, 0.5) is 0 Å². The predicted molar refractivity (Wildman–Crippen MR) is 82.6 cm³/mol. The summed E-state index contributed by atoms with van der Waals surface area (Å²) in [5.74, 6) is 2.03. The molecule has 2 nitrogen and oxygen atoms in total. The van der Waals surface area contributed by atoms with Gasteiger partial charge in [-0.25, -0.2) is 0 Å². The van der Waals surface area contributed by atoms with Gasteiger partial charge in [0.2, 0.25) is 0 Å². The average Bonchev–Trinajstić information content (AvgIpc) is 3.19. The molecule has 2 aliphatic rings. The van der Waals surface area contributed by atoms with Gasteiger partial charge < -0.3 is 10.4 Å². The summed E-state index contributed by atoms with van der Waals surface area (Å²) in [7, 11) is 0. The van der Waals surface area contributed by atoms with Gasteiger partial charge in [0.1, 0.15) is 0 Å². The predicted octanol–water partition coefficient (Wildman–Crippen LogP) is 3.44. The van der Waals surface area contributed by atoms with Crippen molar-refractivity contribution in [2.45, 2.75) is 45.1 Å². The fraction of sp³-hybridized carbons (Fsp3) is 0.667. The van der Waals surface area contributed by atoms with Crippen LogP contribution in [0.15, 0.2) is 24.3 Å². The summed E-state index contributed by atoms with van der Waals surface area (Å²) in [5.41, 5.74) is 2.77. The van der Waals surface area contributed by atoms with Crippen LogP contribution in [0.3, 0.4) is 0 Å². The third kappa shape index (κ3) is 3.24. The Hall–Kier alpha value is -0.860. The van der Waals surface area contributed by atoms with Crippen molar-refractivity contribution in [3.8, 4) is 0 Å². The van der Waals surface area contributed by atoms with Crippen molar-refractivity contribution in [1.82, 2.24) is 5.32 Å². The van der Waals surface area contributed by atoms with Crippen LogP contribution in [0.25, 0.3) is 0 Å². The van der Waals surface area contributed by atoms with E-state index in [-0.39, 0.29) is 0 Å². The molecule has 2 aliphatic carbocycles. The Bertz CT molecular complexity index is 424. The van der Waals surface area contributed by atoms with Gasteiger partial charge in [0, 0.05) is 12.6 Å². The van der Waals surface area contributed by atoms with Crippen LogP contribution in [0, 0.1) is 24.7 Å². The van der Waals surface area contributed by atoms with Gasteiger partial charge in [0.25, 0.3) is 0 Å². The smallest absolute Gasteiger partial charge is 0.0462 e. The second-order valence-electron chi connectivity index (χ2n) is 6.77. The Morgan fingerprint density at radius 3 is 2.45 bits per heavy atom. The van der Waals surface area contributed by atoms with Crippen LogP contribution in [-0.4, -0.2) is 18.3 Å². The van der Waals surface area contributed by atoms with E-state index in [2.05, 4.69) is 36.5 Å². The molecule has 0 radical (unpaired) electrons. The van der Waals surface area contributed by atoms with Crippen LogP contribution < -0.4 is 5.32 Å². The van der Waals surface area contributed by atoms with Gasteiger partial charge in [0.15, 0.2) is 0 Å². The summed E-state index contributed by atoms with van der Waals surface area (Å²) in [6.45, 7) is 3.58. The molecule has 2 saturated carbocycles. The highest BCUT2D eigenvalue weighted by molar-refractivity contribution is 5.25. The lowest BCUT2D eigenvalue weighted by Crippen LogP contribution is -2.31. The molecule has 1 aromatic carbocycles.